The van der Waals surface area contributed by atoms with Gasteiger partial charge in [-0.2, -0.15) is 0 Å². The van der Waals surface area contributed by atoms with Crippen LogP contribution in [0, 0.1) is 10.1 Å². The zero-order valence-electron chi connectivity index (χ0n) is 11.2. The van der Waals surface area contributed by atoms with Gasteiger partial charge >= 0.3 is 5.76 Å². The van der Waals surface area contributed by atoms with E-state index in [-0.39, 0.29) is 16.5 Å². The number of H-pyrrole nitrogens is 1. The van der Waals surface area contributed by atoms with Crippen molar-refractivity contribution in [2.24, 2.45) is 0 Å². The maximum atomic E-state index is 11.1. The summed E-state index contributed by atoms with van der Waals surface area (Å²) in [5.74, 6) is -0.0590. The van der Waals surface area contributed by atoms with E-state index in [9.17, 15) is 14.9 Å². The molecule has 0 unspecified atom stereocenters. The molecule has 1 N–H and O–H groups in total. The van der Waals surface area contributed by atoms with E-state index in [4.69, 9.17) is 4.42 Å². The number of aromatic nitrogens is 2. The van der Waals surface area contributed by atoms with Crippen LogP contribution >= 0.6 is 0 Å². The number of hydrogen-bond acceptors (Lipinski definition) is 6. The molecule has 0 spiro atoms. The molecule has 1 aliphatic heterocycles. The van der Waals surface area contributed by atoms with Crippen LogP contribution < -0.4 is 10.7 Å². The Morgan fingerprint density at radius 1 is 1.33 bits per heavy atom. The highest BCUT2D eigenvalue weighted by atomic mass is 16.6. The smallest absolute Gasteiger partial charge is 0.392 e. The van der Waals surface area contributed by atoms with E-state index >= 15 is 0 Å². The number of aromatic amines is 1. The number of nitrogens with zero attached hydrogens (tertiary/aromatic N) is 3. The summed E-state index contributed by atoms with van der Waals surface area (Å²) in [6, 6.07) is 6.72. The second kappa shape index (κ2) is 5.39. The quantitative estimate of drug-likeness (QED) is 0.680. The van der Waals surface area contributed by atoms with Gasteiger partial charge in [-0.1, -0.05) is 12.1 Å². The van der Waals surface area contributed by atoms with Gasteiger partial charge in [0.25, 0.3) is 5.69 Å². The monoisotopic (exact) mass is 290 g/mol. The molecule has 110 valence electrons. The normalized spacial score (nSPS) is 16.1. The number of benzene rings is 1. The van der Waals surface area contributed by atoms with Crippen molar-refractivity contribution in [1.29, 1.82) is 0 Å². The molecule has 0 saturated carbocycles. The van der Waals surface area contributed by atoms with Gasteiger partial charge in [-0.25, -0.2) is 9.89 Å². The van der Waals surface area contributed by atoms with E-state index in [1.54, 1.807) is 18.2 Å². The molecule has 1 aromatic heterocycles. The van der Waals surface area contributed by atoms with Gasteiger partial charge in [0, 0.05) is 25.1 Å². The fourth-order valence-corrected chi connectivity index (χ4v) is 2.67. The number of piperidine rings is 1. The molecule has 0 aliphatic carbocycles. The van der Waals surface area contributed by atoms with E-state index in [2.05, 4.69) is 10.2 Å². The van der Waals surface area contributed by atoms with Crippen LogP contribution in [-0.4, -0.2) is 28.2 Å². The summed E-state index contributed by atoms with van der Waals surface area (Å²) >= 11 is 0. The summed E-state index contributed by atoms with van der Waals surface area (Å²) in [4.78, 5) is 23.7. The van der Waals surface area contributed by atoms with Gasteiger partial charge in [0.2, 0.25) is 5.89 Å². The summed E-state index contributed by atoms with van der Waals surface area (Å²) in [6.07, 6.45) is 1.47. The minimum atomic E-state index is -0.550. The van der Waals surface area contributed by atoms with Crippen LogP contribution in [0.2, 0.25) is 0 Å². The van der Waals surface area contributed by atoms with Crippen molar-refractivity contribution < 1.29 is 9.34 Å². The summed E-state index contributed by atoms with van der Waals surface area (Å²) in [5, 5.41) is 17.2. The third kappa shape index (κ3) is 2.64. The average molecular weight is 290 g/mol. The summed E-state index contributed by atoms with van der Waals surface area (Å²) < 4.78 is 4.98. The third-order valence-corrected chi connectivity index (χ3v) is 3.72. The van der Waals surface area contributed by atoms with Crippen LogP contribution in [0.3, 0.4) is 0 Å². The Morgan fingerprint density at radius 2 is 2.05 bits per heavy atom. The molecule has 0 radical (unpaired) electrons. The van der Waals surface area contributed by atoms with Crippen LogP contribution in [0.15, 0.2) is 33.5 Å². The van der Waals surface area contributed by atoms with Crippen LogP contribution in [-0.2, 0) is 0 Å². The molecule has 2 heterocycles. The highest BCUT2D eigenvalue weighted by Crippen LogP contribution is 2.33. The molecular formula is C13H14N4O4. The number of anilines is 1. The standard InChI is InChI=1S/C13H14N4O4/c18-13-15-14-12(21-13)9-5-7-16(8-6-9)10-3-1-2-4-11(10)17(19)20/h1-4,9H,5-8H2,(H,15,18). The predicted octanol–water partition coefficient (Wildman–Crippen LogP) is 1.66. The number of nitro benzene ring substituents is 1. The molecule has 8 heteroatoms. The van der Waals surface area contributed by atoms with E-state index in [1.165, 1.54) is 6.07 Å². The van der Waals surface area contributed by atoms with Gasteiger partial charge in [-0.15, -0.1) is 5.10 Å². The molecule has 8 nitrogen and oxygen atoms in total. The zero-order valence-corrected chi connectivity index (χ0v) is 11.2. The lowest BCUT2D eigenvalue weighted by Crippen LogP contribution is -2.33. The fraction of sp³-hybridized carbons (Fsp3) is 0.385. The van der Waals surface area contributed by atoms with Crippen LogP contribution in [0.1, 0.15) is 24.7 Å². The second-order valence-electron chi connectivity index (χ2n) is 4.96. The Bertz CT molecular complexity index is 700. The van der Waals surface area contributed by atoms with E-state index in [0.29, 0.717) is 24.7 Å². The molecule has 1 aromatic carbocycles. The SMILES string of the molecule is O=c1[nH]nc(C2CCN(c3ccccc3[N+](=O)[O-])CC2)o1. The molecule has 1 aliphatic rings. The lowest BCUT2D eigenvalue weighted by molar-refractivity contribution is -0.384. The predicted molar refractivity (Wildman–Crippen MR) is 74.4 cm³/mol. The Morgan fingerprint density at radius 3 is 2.67 bits per heavy atom. The first-order valence-electron chi connectivity index (χ1n) is 6.69. The Labute approximate surface area is 119 Å². The maximum Gasteiger partial charge on any atom is 0.434 e. The largest absolute Gasteiger partial charge is 0.434 e. The van der Waals surface area contributed by atoms with Crippen molar-refractivity contribution in [3.8, 4) is 0 Å². The topological polar surface area (TPSA) is 105 Å². The minimum Gasteiger partial charge on any atom is -0.392 e. The molecule has 0 amide bonds. The lowest BCUT2D eigenvalue weighted by atomic mass is 9.96. The first kappa shape index (κ1) is 13.3. The van der Waals surface area contributed by atoms with Gasteiger partial charge < -0.3 is 9.32 Å². The number of nitro groups is 1. The Balaban J connectivity index is 1.74. The molecular weight excluding hydrogens is 276 g/mol. The Kier molecular flexibility index (Phi) is 3.43. The average Bonchev–Trinajstić information content (AvgIpc) is 2.94. The number of para-hydroxylation sites is 2. The minimum absolute atomic E-state index is 0.0722. The van der Waals surface area contributed by atoms with Gasteiger partial charge in [0.05, 0.1) is 4.92 Å². The number of rotatable bonds is 3. The Hall–Kier alpha value is -2.64. The van der Waals surface area contributed by atoms with Crippen molar-refractivity contribution in [3.05, 3.63) is 50.8 Å². The number of hydrogen-bond donors (Lipinski definition) is 1. The van der Waals surface area contributed by atoms with Crippen molar-refractivity contribution in [2.45, 2.75) is 18.8 Å². The van der Waals surface area contributed by atoms with Crippen molar-refractivity contribution >= 4 is 11.4 Å². The summed E-state index contributed by atoms with van der Waals surface area (Å²) in [5.41, 5.74) is 0.742. The first-order chi connectivity index (χ1) is 10.1. The van der Waals surface area contributed by atoms with Gasteiger partial charge in [-0.3, -0.25) is 10.1 Å². The number of nitrogens with one attached hydrogen (secondary N) is 1. The molecule has 0 atom stereocenters. The molecule has 1 saturated heterocycles. The summed E-state index contributed by atoms with van der Waals surface area (Å²) in [7, 11) is 0. The van der Waals surface area contributed by atoms with E-state index < -0.39 is 5.76 Å². The molecule has 2 aromatic rings. The highest BCUT2D eigenvalue weighted by Gasteiger charge is 2.27. The van der Waals surface area contributed by atoms with Crippen LogP contribution in [0.4, 0.5) is 11.4 Å². The second-order valence-corrected chi connectivity index (χ2v) is 4.96. The van der Waals surface area contributed by atoms with Gasteiger partial charge in [0.15, 0.2) is 0 Å². The van der Waals surface area contributed by atoms with Crippen molar-refractivity contribution in [1.82, 2.24) is 10.2 Å². The van der Waals surface area contributed by atoms with E-state index in [1.807, 2.05) is 4.90 Å². The molecule has 1 fully saturated rings. The van der Waals surface area contributed by atoms with E-state index in [0.717, 1.165) is 12.8 Å². The lowest BCUT2D eigenvalue weighted by Gasteiger charge is -2.31. The summed E-state index contributed by atoms with van der Waals surface area (Å²) in [6.45, 7) is 1.32. The van der Waals surface area contributed by atoms with Gasteiger partial charge in [-0.05, 0) is 18.9 Å². The molecule has 0 bridgehead atoms. The molecule has 3 rings (SSSR count). The third-order valence-electron chi connectivity index (χ3n) is 3.72. The van der Waals surface area contributed by atoms with Crippen LogP contribution in [0.25, 0.3) is 0 Å². The highest BCUT2D eigenvalue weighted by molar-refractivity contribution is 5.63. The van der Waals surface area contributed by atoms with Crippen molar-refractivity contribution in [3.63, 3.8) is 0 Å². The molecule has 21 heavy (non-hydrogen) atoms. The first-order valence-corrected chi connectivity index (χ1v) is 6.69. The van der Waals surface area contributed by atoms with Crippen molar-refractivity contribution in [2.75, 3.05) is 18.0 Å². The van der Waals surface area contributed by atoms with Crippen LogP contribution in [0.5, 0.6) is 0 Å². The van der Waals surface area contributed by atoms with Gasteiger partial charge in [0.1, 0.15) is 5.69 Å². The maximum absolute atomic E-state index is 11.1. The fourth-order valence-electron chi connectivity index (χ4n) is 2.67. The zero-order chi connectivity index (χ0) is 14.8.